The van der Waals surface area contributed by atoms with Crippen LogP contribution in [-0.4, -0.2) is 15.6 Å². The molecule has 1 N–H and O–H groups in total. The number of hydrogen-bond donors (Lipinski definition) is 1. The molecule has 0 spiro atoms. The number of nitrogens with zero attached hydrogens (tertiary/aromatic N) is 1. The van der Waals surface area contributed by atoms with E-state index in [1.54, 1.807) is 19.3 Å². The Morgan fingerprint density at radius 2 is 2.29 bits per heavy atom. The predicted molar refractivity (Wildman–Crippen MR) is 54.0 cm³/mol. The Morgan fingerprint density at radius 3 is 2.93 bits per heavy atom. The minimum atomic E-state index is -0.992. The van der Waals surface area contributed by atoms with Crippen LogP contribution in [-0.2, 0) is 7.05 Å². The standard InChI is InChI=1S/C9H7NO3S/c1-10-3-2-5-4-6(9(12)13)14-7(5)8(10)11/h2-4H,1H3,(H,12,13). The number of hydrogen-bond acceptors (Lipinski definition) is 3. The SMILES string of the molecule is Cn1ccc2cc(C(=O)O)sc2c1=O. The summed E-state index contributed by atoms with van der Waals surface area (Å²) in [6.07, 6.45) is 1.63. The molecule has 0 amide bonds. The first kappa shape index (κ1) is 8.96. The summed E-state index contributed by atoms with van der Waals surface area (Å²) >= 11 is 1.01. The van der Waals surface area contributed by atoms with E-state index in [1.165, 1.54) is 10.6 Å². The van der Waals surface area contributed by atoms with Gasteiger partial charge < -0.3 is 9.67 Å². The van der Waals surface area contributed by atoms with Crippen LogP contribution in [0.4, 0.5) is 0 Å². The van der Waals surface area contributed by atoms with Crippen molar-refractivity contribution in [3.63, 3.8) is 0 Å². The Labute approximate surface area is 83.0 Å². The number of carboxylic acid groups (broad SMARTS) is 1. The van der Waals surface area contributed by atoms with Gasteiger partial charge in [0.2, 0.25) is 0 Å². The molecule has 0 fully saturated rings. The first-order valence-corrected chi connectivity index (χ1v) is 4.73. The van der Waals surface area contributed by atoms with Crippen molar-refractivity contribution in [1.29, 1.82) is 0 Å². The number of pyridine rings is 1. The highest BCUT2D eigenvalue weighted by molar-refractivity contribution is 7.20. The van der Waals surface area contributed by atoms with Crippen molar-refractivity contribution in [1.82, 2.24) is 4.57 Å². The van der Waals surface area contributed by atoms with Gasteiger partial charge in [-0.05, 0) is 12.1 Å². The topological polar surface area (TPSA) is 59.3 Å². The quantitative estimate of drug-likeness (QED) is 0.770. The highest BCUT2D eigenvalue weighted by Gasteiger charge is 2.10. The smallest absolute Gasteiger partial charge is 0.345 e. The van der Waals surface area contributed by atoms with Gasteiger partial charge in [0.15, 0.2) is 0 Å². The Hall–Kier alpha value is -1.62. The molecule has 0 atom stereocenters. The van der Waals surface area contributed by atoms with Crippen LogP contribution in [0.2, 0.25) is 0 Å². The monoisotopic (exact) mass is 209 g/mol. The maximum absolute atomic E-state index is 11.5. The second kappa shape index (κ2) is 2.95. The largest absolute Gasteiger partial charge is 0.477 e. The molecule has 2 aromatic heterocycles. The number of rotatable bonds is 1. The molecule has 2 rings (SSSR count). The zero-order valence-corrected chi connectivity index (χ0v) is 8.17. The van der Waals surface area contributed by atoms with Gasteiger partial charge in [-0.3, -0.25) is 4.79 Å². The number of aryl methyl sites for hydroxylation is 1. The van der Waals surface area contributed by atoms with Crippen LogP contribution in [0.3, 0.4) is 0 Å². The Kier molecular flexibility index (Phi) is 1.89. The van der Waals surface area contributed by atoms with Gasteiger partial charge in [0.25, 0.3) is 5.56 Å². The summed E-state index contributed by atoms with van der Waals surface area (Å²) in [5.41, 5.74) is -0.153. The van der Waals surface area contributed by atoms with Crippen LogP contribution in [0.25, 0.3) is 10.1 Å². The number of fused-ring (bicyclic) bond motifs is 1. The maximum atomic E-state index is 11.5. The van der Waals surface area contributed by atoms with Crippen LogP contribution in [0.1, 0.15) is 9.67 Å². The van der Waals surface area contributed by atoms with Crippen molar-refractivity contribution >= 4 is 27.4 Å². The van der Waals surface area contributed by atoms with Crippen LogP contribution in [0.15, 0.2) is 23.1 Å². The normalized spacial score (nSPS) is 10.6. The fourth-order valence-corrected chi connectivity index (χ4v) is 2.19. The predicted octanol–water partition coefficient (Wildman–Crippen LogP) is 1.30. The van der Waals surface area contributed by atoms with Gasteiger partial charge in [0, 0.05) is 18.6 Å². The molecular weight excluding hydrogens is 202 g/mol. The molecule has 0 saturated heterocycles. The van der Waals surface area contributed by atoms with Gasteiger partial charge in [-0.25, -0.2) is 4.79 Å². The highest BCUT2D eigenvalue weighted by Crippen LogP contribution is 2.21. The Morgan fingerprint density at radius 1 is 1.57 bits per heavy atom. The van der Waals surface area contributed by atoms with E-state index in [9.17, 15) is 9.59 Å². The second-order valence-electron chi connectivity index (χ2n) is 2.93. The first-order valence-electron chi connectivity index (χ1n) is 3.92. The van der Waals surface area contributed by atoms with E-state index in [4.69, 9.17) is 5.11 Å². The summed E-state index contributed by atoms with van der Waals surface area (Å²) in [7, 11) is 1.64. The van der Waals surface area contributed by atoms with E-state index >= 15 is 0 Å². The molecule has 0 aliphatic carbocycles. The molecule has 2 heterocycles. The van der Waals surface area contributed by atoms with Crippen molar-refractivity contribution in [2.75, 3.05) is 0 Å². The number of carboxylic acids is 1. The molecule has 0 bridgehead atoms. The number of thiophene rings is 1. The molecule has 0 aliphatic rings. The van der Waals surface area contributed by atoms with E-state index in [1.807, 2.05) is 0 Å². The molecule has 5 heteroatoms. The molecular formula is C9H7NO3S. The van der Waals surface area contributed by atoms with Gasteiger partial charge in [-0.1, -0.05) is 0 Å². The summed E-state index contributed by atoms with van der Waals surface area (Å²) in [5, 5.41) is 9.44. The fourth-order valence-electron chi connectivity index (χ4n) is 1.22. The molecule has 2 aromatic rings. The van der Waals surface area contributed by atoms with E-state index in [0.717, 1.165) is 11.3 Å². The first-order chi connectivity index (χ1) is 6.59. The molecule has 0 aromatic carbocycles. The molecule has 0 aliphatic heterocycles. The van der Waals surface area contributed by atoms with E-state index < -0.39 is 5.97 Å². The van der Waals surface area contributed by atoms with E-state index in [2.05, 4.69) is 0 Å². The van der Waals surface area contributed by atoms with Crippen molar-refractivity contribution in [2.24, 2.45) is 7.05 Å². The number of aromatic carboxylic acids is 1. The summed E-state index contributed by atoms with van der Waals surface area (Å²) in [6, 6.07) is 3.25. The molecule has 72 valence electrons. The molecule has 0 saturated carbocycles. The van der Waals surface area contributed by atoms with Gasteiger partial charge in [-0.15, -0.1) is 11.3 Å². The van der Waals surface area contributed by atoms with Crippen LogP contribution >= 0.6 is 11.3 Å². The Balaban J connectivity index is 2.84. The lowest BCUT2D eigenvalue weighted by Crippen LogP contribution is -2.13. The number of carbonyl (C=O) groups is 1. The summed E-state index contributed by atoms with van der Waals surface area (Å²) in [5.74, 6) is -0.992. The van der Waals surface area contributed by atoms with Crippen molar-refractivity contribution in [3.05, 3.63) is 33.6 Å². The summed E-state index contributed by atoms with van der Waals surface area (Å²) < 4.78 is 1.93. The van der Waals surface area contributed by atoms with Crippen molar-refractivity contribution < 1.29 is 9.90 Å². The number of aromatic nitrogens is 1. The fraction of sp³-hybridized carbons (Fsp3) is 0.111. The van der Waals surface area contributed by atoms with E-state index in [-0.39, 0.29) is 10.4 Å². The van der Waals surface area contributed by atoms with Crippen LogP contribution in [0, 0.1) is 0 Å². The summed E-state index contributed by atoms with van der Waals surface area (Å²) in [6.45, 7) is 0. The minimum Gasteiger partial charge on any atom is -0.477 e. The third-order valence-corrected chi connectivity index (χ3v) is 3.09. The average molecular weight is 209 g/mol. The zero-order chi connectivity index (χ0) is 10.3. The van der Waals surface area contributed by atoms with Crippen LogP contribution < -0.4 is 5.56 Å². The minimum absolute atomic E-state index is 0.153. The molecule has 0 unspecified atom stereocenters. The van der Waals surface area contributed by atoms with Gasteiger partial charge >= 0.3 is 5.97 Å². The van der Waals surface area contributed by atoms with Crippen LogP contribution in [0.5, 0.6) is 0 Å². The maximum Gasteiger partial charge on any atom is 0.345 e. The van der Waals surface area contributed by atoms with E-state index in [0.29, 0.717) is 10.1 Å². The molecule has 0 radical (unpaired) electrons. The lowest BCUT2D eigenvalue weighted by molar-refractivity contribution is 0.0702. The molecule has 14 heavy (non-hydrogen) atoms. The molecule has 4 nitrogen and oxygen atoms in total. The highest BCUT2D eigenvalue weighted by atomic mass is 32.1. The third kappa shape index (κ3) is 1.22. The van der Waals surface area contributed by atoms with Crippen molar-refractivity contribution in [2.45, 2.75) is 0 Å². The lowest BCUT2D eigenvalue weighted by Gasteiger charge is -1.93. The van der Waals surface area contributed by atoms with Crippen molar-refractivity contribution in [3.8, 4) is 0 Å². The van der Waals surface area contributed by atoms with Gasteiger partial charge in [0.1, 0.15) is 9.58 Å². The zero-order valence-electron chi connectivity index (χ0n) is 7.35. The summed E-state index contributed by atoms with van der Waals surface area (Å²) in [4.78, 5) is 22.4. The van der Waals surface area contributed by atoms with Gasteiger partial charge in [0.05, 0.1) is 0 Å². The average Bonchev–Trinajstić information content (AvgIpc) is 2.56. The second-order valence-corrected chi connectivity index (χ2v) is 3.98. The van der Waals surface area contributed by atoms with Gasteiger partial charge in [-0.2, -0.15) is 0 Å². The third-order valence-electron chi connectivity index (χ3n) is 1.96. The Bertz CT molecular complexity index is 567. The lowest BCUT2D eigenvalue weighted by atomic mass is 10.3.